The molecule has 1 aliphatic rings. The Bertz CT molecular complexity index is 89.3. The largest absolute Gasteiger partial charge is 0.346 e. The summed E-state index contributed by atoms with van der Waals surface area (Å²) in [6.45, 7) is 2.37. The lowest BCUT2D eigenvalue weighted by Gasteiger charge is -2.27. The second-order valence-electron chi connectivity index (χ2n) is 2.65. The predicted octanol–water partition coefficient (Wildman–Crippen LogP) is -4.45. The Hall–Kier alpha value is 0.708. The predicted molar refractivity (Wildman–Crippen MR) is 55.8 cm³/mol. The molecule has 4 nitrogen and oxygen atoms in total. The molecule has 1 atom stereocenters. The van der Waals surface area contributed by atoms with E-state index in [0.717, 1.165) is 0 Å². The molecular weight excluding hydrogens is 192 g/mol. The quantitative estimate of drug-likeness (QED) is 0.351. The van der Waals surface area contributed by atoms with Gasteiger partial charge in [-0.2, -0.15) is 0 Å². The fourth-order valence-corrected chi connectivity index (χ4v) is 13.3. The second kappa shape index (κ2) is 4.56. The molecule has 0 aromatic carbocycles. The zero-order valence-corrected chi connectivity index (χ0v) is 12.0. The molecule has 60 valence electrons. The molecule has 0 saturated carbocycles. The molecule has 8 heteroatoms. The molecule has 1 aliphatic heterocycles. The summed E-state index contributed by atoms with van der Waals surface area (Å²) in [5, 5.41) is 0. The van der Waals surface area contributed by atoms with Crippen LogP contribution < -0.4 is 13.9 Å². The highest BCUT2D eigenvalue weighted by Crippen LogP contribution is 1.81. The Kier molecular flexibility index (Phi) is 4.01. The van der Waals surface area contributed by atoms with E-state index < -0.39 is 9.12 Å². The van der Waals surface area contributed by atoms with Gasteiger partial charge < -0.3 is 18.2 Å². The lowest BCUT2D eigenvalue weighted by atomic mass is 11.6. The zero-order valence-electron chi connectivity index (χ0n) is 6.65. The standard InChI is InChI=1S/C2H16N4Si4/c1-6-9-4-7-3-8-5-10(6)2/h3-5,10H,7-9H2,1-2H3. The van der Waals surface area contributed by atoms with Gasteiger partial charge in [-0.15, -0.1) is 0 Å². The molecule has 1 saturated heterocycles. The molecule has 0 bridgehead atoms. The summed E-state index contributed by atoms with van der Waals surface area (Å²) in [4.78, 5) is 0. The maximum absolute atomic E-state index is 3.66. The van der Waals surface area contributed by atoms with Gasteiger partial charge in [0.05, 0.1) is 0 Å². The van der Waals surface area contributed by atoms with Crippen LogP contribution >= 0.6 is 0 Å². The highest BCUT2D eigenvalue weighted by molar-refractivity contribution is 6.72. The van der Waals surface area contributed by atoms with Gasteiger partial charge >= 0.3 is 0 Å². The molecule has 0 spiro atoms. The fraction of sp³-hybridized carbons (Fsp3) is 1.00. The van der Waals surface area contributed by atoms with E-state index in [1.54, 1.807) is 0 Å². The maximum atomic E-state index is 3.66. The van der Waals surface area contributed by atoms with Gasteiger partial charge in [-0.3, -0.25) is 0 Å². The van der Waals surface area contributed by atoms with Gasteiger partial charge in [-0.25, -0.2) is 0 Å². The van der Waals surface area contributed by atoms with Gasteiger partial charge in [-0.1, -0.05) is 0 Å². The van der Waals surface area contributed by atoms with E-state index in [1.807, 2.05) is 0 Å². The van der Waals surface area contributed by atoms with Crippen molar-refractivity contribution in [3.63, 3.8) is 0 Å². The van der Waals surface area contributed by atoms with Crippen molar-refractivity contribution in [1.82, 2.24) is 18.2 Å². The van der Waals surface area contributed by atoms with Crippen LogP contribution in [-0.2, 0) is 0 Å². The Morgan fingerprint density at radius 3 is 2.90 bits per heavy atom. The Morgan fingerprint density at radius 2 is 2.10 bits per heavy atom. The van der Waals surface area contributed by atoms with E-state index >= 15 is 0 Å². The third-order valence-electron chi connectivity index (χ3n) is 1.79. The minimum absolute atomic E-state index is 0.0614. The molecule has 3 N–H and O–H groups in total. The molecule has 0 aromatic heterocycles. The van der Waals surface area contributed by atoms with Crippen molar-refractivity contribution in [2.24, 2.45) is 0 Å². The van der Waals surface area contributed by atoms with Crippen LogP contribution in [0, 0.1) is 0 Å². The Labute approximate surface area is 70.8 Å². The summed E-state index contributed by atoms with van der Waals surface area (Å²) in [6.07, 6.45) is 0. The number of nitrogens with zero attached hydrogens (tertiary/aromatic N) is 1. The second-order valence-corrected chi connectivity index (χ2v) is 13.3. The van der Waals surface area contributed by atoms with Gasteiger partial charge in [0.25, 0.3) is 0 Å². The molecular formula is C2H16N4Si4. The molecule has 0 radical (unpaired) electrons. The monoisotopic (exact) mass is 208 g/mol. The molecule has 0 amide bonds. The van der Waals surface area contributed by atoms with Crippen molar-refractivity contribution in [2.75, 3.05) is 7.05 Å². The first kappa shape index (κ1) is 8.80. The average molecular weight is 209 g/mol. The zero-order chi connectivity index (χ0) is 7.40. The molecule has 10 heavy (non-hydrogen) atoms. The first-order valence-electron chi connectivity index (χ1n) is 3.66. The van der Waals surface area contributed by atoms with E-state index in [4.69, 9.17) is 0 Å². The Morgan fingerprint density at radius 1 is 1.30 bits per heavy atom. The number of hydrogen-bond donors (Lipinski definition) is 3. The van der Waals surface area contributed by atoms with Crippen molar-refractivity contribution in [1.29, 1.82) is 0 Å². The van der Waals surface area contributed by atoms with Gasteiger partial charge in [0.2, 0.25) is 0 Å². The van der Waals surface area contributed by atoms with Crippen LogP contribution in [0.15, 0.2) is 0 Å². The third-order valence-corrected chi connectivity index (χ3v) is 12.9. The first-order valence-corrected chi connectivity index (χ1v) is 10.1. The van der Waals surface area contributed by atoms with E-state index in [-0.39, 0.29) is 29.5 Å². The third kappa shape index (κ3) is 2.75. The topological polar surface area (TPSA) is 39.3 Å². The summed E-state index contributed by atoms with van der Waals surface area (Å²) >= 11 is 0. The van der Waals surface area contributed by atoms with Crippen molar-refractivity contribution in [3.8, 4) is 0 Å². The Balaban J connectivity index is 2.28. The van der Waals surface area contributed by atoms with Crippen LogP contribution in [0.4, 0.5) is 0 Å². The van der Waals surface area contributed by atoms with E-state index in [1.165, 1.54) is 0 Å². The normalized spacial score (nSPS) is 38.4. The summed E-state index contributed by atoms with van der Waals surface area (Å²) in [5.74, 6) is 0. The van der Waals surface area contributed by atoms with Crippen molar-refractivity contribution < 1.29 is 0 Å². The number of rotatable bonds is 0. The van der Waals surface area contributed by atoms with Crippen LogP contribution in [0.25, 0.3) is 0 Å². The lowest BCUT2D eigenvalue weighted by Crippen LogP contribution is -2.61. The first-order chi connectivity index (χ1) is 4.80. The molecule has 0 aliphatic carbocycles. The van der Waals surface area contributed by atoms with Crippen LogP contribution in [0.1, 0.15) is 0 Å². The molecule has 1 fully saturated rings. The highest BCUT2D eigenvalue weighted by atomic mass is 28.4. The van der Waals surface area contributed by atoms with E-state index in [9.17, 15) is 0 Å². The van der Waals surface area contributed by atoms with E-state index in [2.05, 4.69) is 31.8 Å². The van der Waals surface area contributed by atoms with Gasteiger partial charge in [-0.05, 0) is 13.6 Å². The average Bonchev–Trinajstić information content (AvgIpc) is 1.92. The molecule has 0 aromatic rings. The van der Waals surface area contributed by atoms with Crippen LogP contribution in [0.3, 0.4) is 0 Å². The molecule has 1 unspecified atom stereocenters. The van der Waals surface area contributed by atoms with E-state index in [0.29, 0.717) is 0 Å². The molecule has 1 rings (SSSR count). The summed E-state index contributed by atoms with van der Waals surface area (Å²) in [7, 11) is 1.39. The van der Waals surface area contributed by atoms with Gasteiger partial charge in [0, 0.05) is 0 Å². The SMILES string of the molecule is CN1[SiH2]N[SiH2]N[SiH2]N[SiH]1C. The molecule has 1 heterocycles. The summed E-state index contributed by atoms with van der Waals surface area (Å²) < 4.78 is 13.4. The van der Waals surface area contributed by atoms with Crippen LogP contribution in [0.5, 0.6) is 0 Å². The smallest absolute Gasteiger partial charge is 0.171 e. The van der Waals surface area contributed by atoms with Crippen LogP contribution in [-0.4, -0.2) is 49.9 Å². The summed E-state index contributed by atoms with van der Waals surface area (Å²) in [5.41, 5.74) is 0. The number of hydrogen-bond acceptors (Lipinski definition) is 4. The summed E-state index contributed by atoms with van der Waals surface area (Å²) in [6, 6.07) is 0. The van der Waals surface area contributed by atoms with Crippen molar-refractivity contribution in [2.45, 2.75) is 6.55 Å². The maximum Gasteiger partial charge on any atom is 0.171 e. The minimum Gasteiger partial charge on any atom is -0.346 e. The number of nitrogens with one attached hydrogen (secondary N) is 3. The fourth-order valence-electron chi connectivity index (χ4n) is 0.896. The minimum atomic E-state index is -0.659. The van der Waals surface area contributed by atoms with Gasteiger partial charge in [0.1, 0.15) is 0 Å². The van der Waals surface area contributed by atoms with Crippen molar-refractivity contribution in [3.05, 3.63) is 0 Å². The lowest BCUT2D eigenvalue weighted by molar-refractivity contribution is 0.797. The van der Waals surface area contributed by atoms with Crippen molar-refractivity contribution >= 4 is 38.6 Å². The van der Waals surface area contributed by atoms with Gasteiger partial charge in [0.15, 0.2) is 38.6 Å². The van der Waals surface area contributed by atoms with Crippen LogP contribution in [0.2, 0.25) is 6.55 Å². The highest BCUT2D eigenvalue weighted by Gasteiger charge is 2.11.